The number of para-hydroxylation sites is 1. The van der Waals surface area contributed by atoms with Gasteiger partial charge in [0.2, 0.25) is 5.91 Å². The van der Waals surface area contributed by atoms with Crippen LogP contribution in [0.5, 0.6) is 5.75 Å². The topological polar surface area (TPSA) is 182 Å². The van der Waals surface area contributed by atoms with Gasteiger partial charge in [-0.3, -0.25) is 14.5 Å². The Labute approximate surface area is 245 Å². The third-order valence-corrected chi connectivity index (χ3v) is 8.30. The molecule has 5 rings (SSSR count). The van der Waals surface area contributed by atoms with Crippen molar-refractivity contribution in [1.29, 1.82) is 0 Å². The molecular formula is C24H31B3N8O6S. The van der Waals surface area contributed by atoms with Crippen molar-refractivity contribution in [2.75, 3.05) is 42.3 Å². The normalized spacial score (nSPS) is 16.9. The standard InChI is InChI=1S/C24H31B3N8O6S/c1-40-20-14(23-30-18(34-41-23)12-35-7-9-42(38,39)10-8-35)3-2-4-15(20)28-16-11-17(29-21(36)13-5-6-13)32-33-19(16)22(37)31-24(25,26)27/h2-4,11,13H,5-10,12,25-27H2,1H3,(H,31,37)(H2,28,29,32,36). The Balaban J connectivity index is 1.42. The number of aromatic nitrogens is 4. The number of anilines is 3. The summed E-state index contributed by atoms with van der Waals surface area (Å²) < 4.78 is 34.8. The number of ether oxygens (including phenoxy) is 1. The zero-order chi connectivity index (χ0) is 30.1. The van der Waals surface area contributed by atoms with Crippen molar-refractivity contribution in [2.45, 2.75) is 24.6 Å². The van der Waals surface area contributed by atoms with E-state index in [1.54, 1.807) is 24.3 Å². The van der Waals surface area contributed by atoms with Crippen LogP contribution in [0.15, 0.2) is 28.8 Å². The molecule has 3 heterocycles. The Morgan fingerprint density at radius 1 is 1.14 bits per heavy atom. The third-order valence-electron chi connectivity index (χ3n) is 6.69. The lowest BCUT2D eigenvalue weighted by Gasteiger charge is -2.24. The molecule has 2 aliphatic rings. The molecule has 0 bridgehead atoms. The Bertz CT molecular complexity index is 1600. The van der Waals surface area contributed by atoms with Crippen LogP contribution in [0.1, 0.15) is 29.2 Å². The minimum absolute atomic E-state index is 0.0328. The summed E-state index contributed by atoms with van der Waals surface area (Å²) in [5.41, 5.74) is 1.32. The molecule has 1 aliphatic heterocycles. The lowest BCUT2D eigenvalue weighted by Crippen LogP contribution is -2.50. The van der Waals surface area contributed by atoms with Gasteiger partial charge in [0.25, 0.3) is 11.8 Å². The quantitative estimate of drug-likeness (QED) is 0.223. The maximum absolute atomic E-state index is 13.1. The van der Waals surface area contributed by atoms with E-state index in [1.807, 2.05) is 28.4 Å². The number of carbonyl (C=O) groups is 2. The number of methoxy groups -OCH3 is 1. The molecule has 1 saturated carbocycles. The second kappa shape index (κ2) is 11.8. The summed E-state index contributed by atoms with van der Waals surface area (Å²) in [6, 6.07) is 6.83. The Morgan fingerprint density at radius 2 is 1.88 bits per heavy atom. The SMILES string of the molecule is BC(B)(B)NC(=O)c1nnc(NC(=O)C2CC2)cc1Nc1cccc(-c2nc(CN3CCS(=O)(=O)CC3)no2)c1OC. The van der Waals surface area contributed by atoms with Crippen molar-refractivity contribution in [1.82, 2.24) is 30.6 Å². The predicted molar refractivity (Wildman–Crippen MR) is 163 cm³/mol. The molecule has 18 heteroatoms. The molecule has 14 nitrogen and oxygen atoms in total. The lowest BCUT2D eigenvalue weighted by atomic mass is 9.49. The monoisotopic (exact) mass is 592 g/mol. The fraction of sp³-hybridized carbons (Fsp3) is 0.417. The average molecular weight is 592 g/mol. The van der Waals surface area contributed by atoms with Crippen molar-refractivity contribution in [3.63, 3.8) is 0 Å². The number of hydrogen-bond acceptors (Lipinski definition) is 12. The number of amides is 2. The predicted octanol–water partition coefficient (Wildman–Crippen LogP) is -1.90. The average Bonchev–Trinajstić information content (AvgIpc) is 3.68. The van der Waals surface area contributed by atoms with Crippen LogP contribution < -0.4 is 20.7 Å². The van der Waals surface area contributed by atoms with E-state index < -0.39 is 21.0 Å². The van der Waals surface area contributed by atoms with Crippen molar-refractivity contribution in [3.05, 3.63) is 35.8 Å². The van der Waals surface area contributed by atoms with Gasteiger partial charge < -0.3 is 25.2 Å². The van der Waals surface area contributed by atoms with Gasteiger partial charge in [0.05, 0.1) is 42.1 Å². The lowest BCUT2D eigenvalue weighted by molar-refractivity contribution is -0.117. The number of nitrogens with one attached hydrogen (secondary N) is 3. The minimum atomic E-state index is -3.00. The molecule has 0 atom stereocenters. The highest BCUT2D eigenvalue weighted by molar-refractivity contribution is 7.91. The summed E-state index contributed by atoms with van der Waals surface area (Å²) in [5.74, 6) is 0.802. The van der Waals surface area contributed by atoms with Crippen LogP contribution in [-0.4, -0.2) is 106 Å². The number of sulfone groups is 1. The van der Waals surface area contributed by atoms with E-state index in [2.05, 4.69) is 36.3 Å². The summed E-state index contributed by atoms with van der Waals surface area (Å²) in [4.78, 5) is 32.0. The summed E-state index contributed by atoms with van der Waals surface area (Å²) in [5, 5.41) is 20.6. The van der Waals surface area contributed by atoms with Crippen molar-refractivity contribution in [3.8, 4) is 17.2 Å². The Hall–Kier alpha value is -3.92. The largest absolute Gasteiger partial charge is 0.494 e. The molecule has 0 radical (unpaired) electrons. The number of carbonyl (C=O) groups excluding carboxylic acids is 2. The number of hydrogen-bond donors (Lipinski definition) is 3. The highest BCUT2D eigenvalue weighted by atomic mass is 32.2. The molecule has 3 N–H and O–H groups in total. The zero-order valence-electron chi connectivity index (χ0n) is 23.9. The van der Waals surface area contributed by atoms with E-state index in [0.29, 0.717) is 48.1 Å². The van der Waals surface area contributed by atoms with Gasteiger partial charge in [0.15, 0.2) is 32.9 Å². The summed E-state index contributed by atoms with van der Waals surface area (Å²) in [7, 11) is 4.06. The van der Waals surface area contributed by atoms with Crippen LogP contribution >= 0.6 is 0 Å². The highest BCUT2D eigenvalue weighted by Crippen LogP contribution is 2.38. The van der Waals surface area contributed by atoms with E-state index in [0.717, 1.165) is 12.8 Å². The van der Waals surface area contributed by atoms with Crippen LogP contribution in [0.2, 0.25) is 0 Å². The van der Waals surface area contributed by atoms with Crippen LogP contribution in [0.25, 0.3) is 11.5 Å². The maximum Gasteiger partial charge on any atom is 0.272 e. The molecule has 2 amide bonds. The zero-order valence-corrected chi connectivity index (χ0v) is 24.7. The van der Waals surface area contributed by atoms with E-state index in [9.17, 15) is 18.0 Å². The molecule has 0 unspecified atom stereocenters. The van der Waals surface area contributed by atoms with Gasteiger partial charge >= 0.3 is 0 Å². The van der Waals surface area contributed by atoms with Crippen molar-refractivity contribution < 1.29 is 27.3 Å². The van der Waals surface area contributed by atoms with E-state index in [1.165, 1.54) is 7.11 Å². The summed E-state index contributed by atoms with van der Waals surface area (Å²) >= 11 is 0. The number of benzene rings is 1. The maximum atomic E-state index is 13.1. The van der Waals surface area contributed by atoms with Gasteiger partial charge in [0, 0.05) is 25.1 Å². The second-order valence-corrected chi connectivity index (χ2v) is 13.7. The van der Waals surface area contributed by atoms with Crippen LogP contribution in [-0.2, 0) is 21.2 Å². The number of rotatable bonds is 10. The molecule has 2 aromatic heterocycles. The summed E-state index contributed by atoms with van der Waals surface area (Å²) in [6.07, 6.45) is 1.66. The fourth-order valence-corrected chi connectivity index (χ4v) is 5.67. The molecule has 0 spiro atoms. The first-order chi connectivity index (χ1) is 19.9. The van der Waals surface area contributed by atoms with Crippen molar-refractivity contribution in [2.24, 2.45) is 5.92 Å². The molecular weight excluding hydrogens is 561 g/mol. The van der Waals surface area contributed by atoms with Crippen LogP contribution in [0.4, 0.5) is 17.2 Å². The molecule has 2 fully saturated rings. The molecule has 218 valence electrons. The molecule has 3 aromatic rings. The molecule has 1 saturated heterocycles. The van der Waals surface area contributed by atoms with Gasteiger partial charge in [-0.1, -0.05) is 11.2 Å². The highest BCUT2D eigenvalue weighted by Gasteiger charge is 2.30. The smallest absolute Gasteiger partial charge is 0.272 e. The van der Waals surface area contributed by atoms with Crippen molar-refractivity contribution >= 4 is 62.4 Å². The first kappa shape index (κ1) is 29.6. The van der Waals surface area contributed by atoms with Gasteiger partial charge in [0.1, 0.15) is 23.5 Å². The van der Waals surface area contributed by atoms with Gasteiger partial charge in [-0.25, -0.2) is 8.42 Å². The molecule has 1 aliphatic carbocycles. The Morgan fingerprint density at radius 3 is 2.55 bits per heavy atom. The first-order valence-corrected chi connectivity index (χ1v) is 15.4. The van der Waals surface area contributed by atoms with E-state index in [-0.39, 0.29) is 40.7 Å². The molecule has 1 aromatic carbocycles. The second-order valence-electron chi connectivity index (χ2n) is 11.4. The van der Waals surface area contributed by atoms with Gasteiger partial charge in [-0.2, -0.15) is 4.98 Å². The van der Waals surface area contributed by atoms with Gasteiger partial charge in [-0.05, 0) is 30.2 Å². The van der Waals surface area contributed by atoms with Crippen LogP contribution in [0.3, 0.4) is 0 Å². The minimum Gasteiger partial charge on any atom is -0.494 e. The first-order valence-electron chi connectivity index (χ1n) is 13.6. The fourth-order valence-electron chi connectivity index (χ4n) is 4.39. The van der Waals surface area contributed by atoms with Crippen LogP contribution in [0, 0.1) is 5.92 Å². The molecule has 42 heavy (non-hydrogen) atoms. The summed E-state index contributed by atoms with van der Waals surface area (Å²) in [6.45, 7) is 1.16. The van der Waals surface area contributed by atoms with E-state index in [4.69, 9.17) is 9.26 Å². The van der Waals surface area contributed by atoms with E-state index >= 15 is 0 Å². The third kappa shape index (κ3) is 7.28. The van der Waals surface area contributed by atoms with Gasteiger partial charge in [-0.15, -0.1) is 10.2 Å². The Kier molecular flexibility index (Phi) is 8.28. The number of nitrogens with zero attached hydrogens (tertiary/aromatic N) is 5.